The molecule has 1 rings (SSSR count). The van der Waals surface area contributed by atoms with Gasteiger partial charge < -0.3 is 24.9 Å². The Hall–Kier alpha value is -1.33. The zero-order valence-corrected chi connectivity index (χ0v) is 27.8. The number of carboxylic acids is 1. The lowest BCUT2D eigenvalue weighted by Crippen LogP contribution is -2.30. The van der Waals surface area contributed by atoms with Crippen LogP contribution in [0.1, 0.15) is 158 Å². The first kappa shape index (κ1) is 37.7. The van der Waals surface area contributed by atoms with E-state index in [1.807, 2.05) is 13.0 Å². The molecule has 6 atom stereocenters. The molecule has 2 N–H and O–H groups in total. The van der Waals surface area contributed by atoms with Crippen LogP contribution in [0.2, 0.25) is 0 Å². The first-order valence-electron chi connectivity index (χ1n) is 17.0. The maximum Gasteiger partial charge on any atom is 0.121 e. The minimum atomic E-state index is -1.00. The topological polar surface area (TPSA) is 89.8 Å². The average Bonchev–Trinajstić information content (AvgIpc) is 2.90. The van der Waals surface area contributed by atoms with Gasteiger partial charge in [0.2, 0.25) is 0 Å². The molecule has 0 aromatic heterocycles. The lowest BCUT2D eigenvalue weighted by atomic mass is 9.84. The predicted octanol–water partition coefficient (Wildman–Crippen LogP) is 8.27. The van der Waals surface area contributed by atoms with E-state index in [0.29, 0.717) is 31.1 Å². The van der Waals surface area contributed by atoms with Crippen LogP contribution in [0.25, 0.3) is 0 Å². The Morgan fingerprint density at radius 1 is 0.927 bits per heavy atom. The van der Waals surface area contributed by atoms with Crippen molar-refractivity contribution in [3.8, 4) is 0 Å². The van der Waals surface area contributed by atoms with Crippen molar-refractivity contribution in [2.75, 3.05) is 6.61 Å². The van der Waals surface area contributed by atoms with E-state index in [0.717, 1.165) is 50.9 Å². The minimum absolute atomic E-state index is 0.110. The average molecular weight is 578 g/mol. The largest absolute Gasteiger partial charge is 0.550 e. The van der Waals surface area contributed by atoms with Crippen molar-refractivity contribution in [1.29, 1.82) is 0 Å². The summed E-state index contributed by atoms with van der Waals surface area (Å²) in [4.78, 5) is 10.9. The molecule has 0 saturated carbocycles. The maximum atomic E-state index is 10.9. The van der Waals surface area contributed by atoms with Crippen LogP contribution in [0.3, 0.4) is 0 Å². The van der Waals surface area contributed by atoms with Gasteiger partial charge in [-0.1, -0.05) is 98.8 Å². The normalized spacial score (nSPS) is 21.2. The molecule has 5 heteroatoms. The van der Waals surface area contributed by atoms with Gasteiger partial charge in [-0.15, -0.1) is 0 Å². The Morgan fingerprint density at radius 3 is 2.12 bits per heavy atom. The molecule has 1 aliphatic carbocycles. The van der Waals surface area contributed by atoms with Gasteiger partial charge in [0.1, 0.15) is 5.76 Å². The smallest absolute Gasteiger partial charge is 0.121 e. The summed E-state index contributed by atoms with van der Waals surface area (Å²) in [5, 5.41) is 32.1. The molecule has 0 heterocycles. The van der Waals surface area contributed by atoms with Crippen LogP contribution in [-0.2, 0) is 9.53 Å². The minimum Gasteiger partial charge on any atom is -0.550 e. The van der Waals surface area contributed by atoms with Crippen LogP contribution in [0, 0.1) is 23.7 Å². The number of ether oxygens (including phenoxy) is 1. The molecular weight excluding hydrogens is 512 g/mol. The summed E-state index contributed by atoms with van der Waals surface area (Å²) in [5.74, 6) is 0.969. The van der Waals surface area contributed by atoms with E-state index >= 15 is 0 Å². The molecule has 0 spiro atoms. The van der Waals surface area contributed by atoms with Crippen molar-refractivity contribution in [1.82, 2.24) is 0 Å². The molecule has 0 saturated heterocycles. The quantitative estimate of drug-likeness (QED) is 0.113. The van der Waals surface area contributed by atoms with Gasteiger partial charge in [0.25, 0.3) is 0 Å². The zero-order valence-electron chi connectivity index (χ0n) is 27.8. The second kappa shape index (κ2) is 20.6. The van der Waals surface area contributed by atoms with Gasteiger partial charge in [-0.2, -0.15) is 0 Å². The van der Waals surface area contributed by atoms with Crippen molar-refractivity contribution in [3.63, 3.8) is 0 Å². The van der Waals surface area contributed by atoms with E-state index in [9.17, 15) is 20.1 Å². The van der Waals surface area contributed by atoms with E-state index < -0.39 is 23.6 Å². The second-order valence-electron chi connectivity index (χ2n) is 13.8. The van der Waals surface area contributed by atoms with E-state index in [4.69, 9.17) is 4.74 Å². The summed E-state index contributed by atoms with van der Waals surface area (Å²) in [7, 11) is 0. The van der Waals surface area contributed by atoms with Gasteiger partial charge in [-0.25, -0.2) is 0 Å². The van der Waals surface area contributed by atoms with Gasteiger partial charge in [-0.3, -0.25) is 0 Å². The standard InChI is InChI=1S/C36H66O5/c1-8-9-10-11-12-13-25-41-34-31(6)30(5)33(37)26-32(34)22-21-28(3)18-14-17-27(2)19-15-23-36(7,40)24-16-20-29(4)35(38)39/h26-30,33,37,40H,8-25H2,1-7H3,(H,38,39)/p-1. The first-order valence-corrected chi connectivity index (χ1v) is 17.0. The highest BCUT2D eigenvalue weighted by Gasteiger charge is 2.26. The summed E-state index contributed by atoms with van der Waals surface area (Å²) in [6.07, 6.45) is 19.7. The predicted molar refractivity (Wildman–Crippen MR) is 169 cm³/mol. The third-order valence-corrected chi connectivity index (χ3v) is 9.43. The number of aliphatic hydroxyl groups excluding tert-OH is 1. The number of rotatable bonds is 24. The lowest BCUT2D eigenvalue weighted by molar-refractivity contribution is -0.311. The summed E-state index contributed by atoms with van der Waals surface area (Å²) in [6, 6.07) is 0. The number of carbonyl (C=O) groups excluding carboxylic acids is 1. The Labute approximate surface area is 253 Å². The monoisotopic (exact) mass is 577 g/mol. The zero-order chi connectivity index (χ0) is 30.8. The summed E-state index contributed by atoms with van der Waals surface area (Å²) in [5.41, 5.74) is 1.66. The number of aliphatic carboxylic acids is 1. The van der Waals surface area contributed by atoms with Crippen LogP contribution in [0.5, 0.6) is 0 Å². The van der Waals surface area contributed by atoms with Gasteiger partial charge in [0.05, 0.1) is 18.3 Å². The van der Waals surface area contributed by atoms with Crippen LogP contribution < -0.4 is 5.11 Å². The summed E-state index contributed by atoms with van der Waals surface area (Å²) >= 11 is 0. The molecule has 0 aliphatic heterocycles. The highest BCUT2D eigenvalue weighted by molar-refractivity contribution is 5.66. The number of carbonyl (C=O) groups is 1. The Bertz CT molecular complexity index is 783. The number of carboxylic acid groups (broad SMARTS) is 1. The molecule has 0 fully saturated rings. The second-order valence-corrected chi connectivity index (χ2v) is 13.8. The number of aliphatic hydroxyl groups is 2. The fourth-order valence-electron chi connectivity index (χ4n) is 5.97. The van der Waals surface area contributed by atoms with Crippen molar-refractivity contribution < 1.29 is 24.9 Å². The van der Waals surface area contributed by atoms with Crippen molar-refractivity contribution >= 4 is 5.97 Å². The van der Waals surface area contributed by atoms with Crippen LogP contribution in [0.4, 0.5) is 0 Å². The molecule has 240 valence electrons. The molecule has 0 aromatic rings. The van der Waals surface area contributed by atoms with Crippen molar-refractivity contribution in [2.45, 2.75) is 169 Å². The lowest BCUT2D eigenvalue weighted by Gasteiger charge is -2.29. The first-order chi connectivity index (χ1) is 19.4. The number of hydrogen-bond acceptors (Lipinski definition) is 5. The maximum absolute atomic E-state index is 10.9. The van der Waals surface area contributed by atoms with Crippen molar-refractivity contribution in [2.24, 2.45) is 23.7 Å². The third-order valence-electron chi connectivity index (χ3n) is 9.43. The SMILES string of the molecule is CCCCCCCCOC1=C(C)C(C)C(O)C=C1CCC(C)CCCC(C)CCCC(C)(O)CCCC(C)C(=O)[O-]. The summed E-state index contributed by atoms with van der Waals surface area (Å²) in [6.45, 7) is 15.4. The highest BCUT2D eigenvalue weighted by atomic mass is 16.5. The molecule has 0 aromatic carbocycles. The van der Waals surface area contributed by atoms with Gasteiger partial charge in [-0.05, 0) is 93.8 Å². The van der Waals surface area contributed by atoms with E-state index in [2.05, 4.69) is 34.6 Å². The van der Waals surface area contributed by atoms with Gasteiger partial charge in [0, 0.05) is 11.9 Å². The van der Waals surface area contributed by atoms with Crippen LogP contribution in [0.15, 0.2) is 23.0 Å². The van der Waals surface area contributed by atoms with Crippen LogP contribution in [-0.4, -0.2) is 34.5 Å². The highest BCUT2D eigenvalue weighted by Crippen LogP contribution is 2.34. The molecule has 0 bridgehead atoms. The van der Waals surface area contributed by atoms with E-state index in [1.54, 1.807) is 6.92 Å². The van der Waals surface area contributed by atoms with Gasteiger partial charge >= 0.3 is 0 Å². The molecule has 5 nitrogen and oxygen atoms in total. The number of allylic oxidation sites excluding steroid dienone is 1. The molecular formula is C36H65O5-. The molecule has 0 amide bonds. The third kappa shape index (κ3) is 16.2. The fraction of sp³-hybridized carbons (Fsp3) is 0.861. The van der Waals surface area contributed by atoms with Gasteiger partial charge in [0.15, 0.2) is 0 Å². The fourth-order valence-corrected chi connectivity index (χ4v) is 5.97. The summed E-state index contributed by atoms with van der Waals surface area (Å²) < 4.78 is 6.34. The number of unbranched alkanes of at least 4 members (excludes halogenated alkanes) is 5. The molecule has 0 radical (unpaired) electrons. The number of hydrogen-bond donors (Lipinski definition) is 2. The Balaban J connectivity index is 2.34. The molecule has 41 heavy (non-hydrogen) atoms. The Morgan fingerprint density at radius 2 is 1.49 bits per heavy atom. The molecule has 6 unspecified atom stereocenters. The van der Waals surface area contributed by atoms with Crippen LogP contribution >= 0.6 is 0 Å². The van der Waals surface area contributed by atoms with Crippen molar-refractivity contribution in [3.05, 3.63) is 23.0 Å². The van der Waals surface area contributed by atoms with E-state index in [1.165, 1.54) is 62.5 Å². The van der Waals surface area contributed by atoms with E-state index in [-0.39, 0.29) is 5.92 Å². The Kier molecular flexibility index (Phi) is 18.9. The molecule has 1 aliphatic rings.